The van der Waals surface area contributed by atoms with Crippen LogP contribution in [0, 0.1) is 22.7 Å². The number of allylic oxidation sites excluding steroid dienone is 1. The maximum Gasteiger partial charge on any atom is 0.103 e. The lowest BCUT2D eigenvalue weighted by Gasteiger charge is -2.28. The summed E-state index contributed by atoms with van der Waals surface area (Å²) in [4.78, 5) is 0. The number of nitriles is 2. The molecule has 4 aromatic heterocycles. The smallest absolute Gasteiger partial charge is 0.103 e. The molecule has 4 heterocycles. The highest BCUT2D eigenvalue weighted by atomic mass is 15.1. The van der Waals surface area contributed by atoms with Crippen molar-refractivity contribution in [2.45, 2.75) is 32.1 Å². The van der Waals surface area contributed by atoms with E-state index in [-0.39, 0.29) is 5.41 Å². The van der Waals surface area contributed by atoms with Crippen molar-refractivity contribution in [2.75, 3.05) is 0 Å². The van der Waals surface area contributed by atoms with Gasteiger partial charge in [-0.2, -0.15) is 10.5 Å². The van der Waals surface area contributed by atoms with Crippen LogP contribution in [-0.4, -0.2) is 18.3 Å². The molecule has 13 aromatic rings. The number of aromatic nitrogens is 4. The summed E-state index contributed by atoms with van der Waals surface area (Å²) < 4.78 is 9.48. The lowest BCUT2D eigenvalue weighted by molar-refractivity contribution is 0.661. The molecule has 0 radical (unpaired) electrons. The van der Waals surface area contributed by atoms with Crippen molar-refractivity contribution < 1.29 is 0 Å². The molecule has 0 saturated heterocycles. The zero-order valence-electron chi connectivity index (χ0n) is 39.1. The molecule has 0 bridgehead atoms. The lowest BCUT2D eigenvalue weighted by Crippen LogP contribution is -2.18. The molecule has 71 heavy (non-hydrogen) atoms. The van der Waals surface area contributed by atoms with Gasteiger partial charge in [0.25, 0.3) is 0 Å². The van der Waals surface area contributed by atoms with Crippen molar-refractivity contribution in [3.8, 4) is 46.0 Å². The molecule has 9 aromatic carbocycles. The summed E-state index contributed by atoms with van der Waals surface area (Å²) in [5.41, 5.74) is 17.5. The van der Waals surface area contributed by atoms with Crippen LogP contribution >= 0.6 is 0 Å². The quantitative estimate of drug-likeness (QED) is 0.177. The fourth-order valence-corrected chi connectivity index (χ4v) is 12.9. The van der Waals surface area contributed by atoms with Gasteiger partial charge < -0.3 is 18.3 Å². The van der Waals surface area contributed by atoms with Gasteiger partial charge in [0.15, 0.2) is 0 Å². The minimum absolute atomic E-state index is 0.297. The van der Waals surface area contributed by atoms with Gasteiger partial charge in [0.05, 0.1) is 72.5 Å². The van der Waals surface area contributed by atoms with Crippen molar-refractivity contribution in [3.05, 3.63) is 222 Å². The van der Waals surface area contributed by atoms with E-state index < -0.39 is 0 Å². The largest absolute Gasteiger partial charge is 0.309 e. The second-order valence-electron chi connectivity index (χ2n) is 19.7. The third kappa shape index (κ3) is 5.08. The zero-order chi connectivity index (χ0) is 47.3. The number of hydrogen-bond acceptors (Lipinski definition) is 2. The second kappa shape index (κ2) is 14.3. The third-order valence-electron chi connectivity index (χ3n) is 15.9. The Morgan fingerprint density at radius 1 is 0.394 bits per heavy atom. The third-order valence-corrected chi connectivity index (χ3v) is 15.9. The van der Waals surface area contributed by atoms with E-state index in [1.807, 2.05) is 0 Å². The van der Waals surface area contributed by atoms with E-state index in [0.717, 1.165) is 106 Å². The van der Waals surface area contributed by atoms with Gasteiger partial charge >= 0.3 is 0 Å². The van der Waals surface area contributed by atoms with E-state index in [2.05, 4.69) is 238 Å². The topological polar surface area (TPSA) is 67.3 Å². The van der Waals surface area contributed by atoms with Crippen LogP contribution in [0.2, 0.25) is 0 Å². The van der Waals surface area contributed by atoms with E-state index in [0.29, 0.717) is 22.5 Å². The van der Waals surface area contributed by atoms with Crippen LogP contribution in [-0.2, 0) is 11.8 Å². The van der Waals surface area contributed by atoms with Gasteiger partial charge in [-0.25, -0.2) is 0 Å². The number of nitrogens with zero attached hydrogens (tertiary/aromatic N) is 6. The zero-order valence-corrected chi connectivity index (χ0v) is 39.1. The molecule has 0 spiro atoms. The first-order chi connectivity index (χ1) is 35.0. The van der Waals surface area contributed by atoms with Gasteiger partial charge in [-0.15, -0.1) is 0 Å². The molecule has 0 fully saturated rings. The average Bonchev–Trinajstić information content (AvgIpc) is 4.19. The number of hydrogen-bond donors (Lipinski definition) is 0. The Labute approximate surface area is 409 Å². The summed E-state index contributed by atoms with van der Waals surface area (Å²) in [6.45, 7) is 4.64. The van der Waals surface area contributed by atoms with Gasteiger partial charge in [-0.3, -0.25) is 0 Å². The molecule has 6 heteroatoms. The average molecular weight is 907 g/mol. The highest BCUT2D eigenvalue weighted by molar-refractivity contribution is 6.15. The van der Waals surface area contributed by atoms with Crippen molar-refractivity contribution in [1.29, 1.82) is 10.5 Å². The Hall–Kier alpha value is -9.36. The molecule has 0 atom stereocenters. The van der Waals surface area contributed by atoms with Crippen LogP contribution in [0.25, 0.3) is 116 Å². The normalized spacial score (nSPS) is 13.7. The Morgan fingerprint density at radius 3 is 1.32 bits per heavy atom. The summed E-state index contributed by atoms with van der Waals surface area (Å²) in [5, 5.41) is 32.1. The van der Waals surface area contributed by atoms with Gasteiger partial charge in [-0.05, 0) is 83.6 Å². The van der Waals surface area contributed by atoms with Gasteiger partial charge in [-0.1, -0.05) is 159 Å². The molecular weight excluding hydrogens is 865 g/mol. The van der Waals surface area contributed by atoms with Gasteiger partial charge in [0.1, 0.15) is 12.1 Å². The minimum Gasteiger partial charge on any atom is -0.309 e. The van der Waals surface area contributed by atoms with Crippen LogP contribution in [0.5, 0.6) is 0 Å². The van der Waals surface area contributed by atoms with Crippen LogP contribution in [0.15, 0.2) is 188 Å². The molecule has 0 N–H and O–H groups in total. The van der Waals surface area contributed by atoms with E-state index in [9.17, 15) is 10.5 Å². The van der Waals surface area contributed by atoms with Crippen LogP contribution in [0.1, 0.15) is 53.8 Å². The first-order valence-electron chi connectivity index (χ1n) is 24.5. The number of para-hydroxylation sites is 6. The predicted molar refractivity (Wildman–Crippen MR) is 291 cm³/mol. The highest BCUT2D eigenvalue weighted by Crippen LogP contribution is 2.53. The fraction of sp³-hybridized carbons (Fsp3) is 0.0769. The Kier molecular flexibility index (Phi) is 8.00. The molecule has 6 nitrogen and oxygen atoms in total. The summed E-state index contributed by atoms with van der Waals surface area (Å²) in [7, 11) is 0. The molecular formula is C65H42N6. The van der Waals surface area contributed by atoms with E-state index in [4.69, 9.17) is 0 Å². The van der Waals surface area contributed by atoms with E-state index in [1.165, 1.54) is 27.8 Å². The van der Waals surface area contributed by atoms with Crippen molar-refractivity contribution in [1.82, 2.24) is 18.3 Å². The monoisotopic (exact) mass is 906 g/mol. The van der Waals surface area contributed by atoms with Gasteiger partial charge in [0.2, 0.25) is 0 Å². The SMILES string of the molecule is CC1(C)c2ccccc2-c2cc3c4ccccc4n(-c4c(C#N)c(C#N)c(-n5c6ccccc6c6ccccc65)c(-n5c6c(c7ccccc75)C=CCC6)c4-n4c5ccccc5c5ccccc54)c3cc21. The summed E-state index contributed by atoms with van der Waals surface area (Å²) in [6, 6.07) is 70.6. The van der Waals surface area contributed by atoms with Crippen molar-refractivity contribution in [2.24, 2.45) is 0 Å². The predicted octanol–water partition coefficient (Wildman–Crippen LogP) is 15.9. The van der Waals surface area contributed by atoms with Crippen molar-refractivity contribution in [3.63, 3.8) is 0 Å². The Bertz CT molecular complexity index is 4530. The number of rotatable bonds is 4. The first kappa shape index (κ1) is 39.6. The molecule has 0 aliphatic heterocycles. The second-order valence-corrected chi connectivity index (χ2v) is 19.7. The fourth-order valence-electron chi connectivity index (χ4n) is 12.9. The summed E-state index contributed by atoms with van der Waals surface area (Å²) >= 11 is 0. The number of fused-ring (bicyclic) bond motifs is 15. The molecule has 0 unspecified atom stereocenters. The number of benzene rings is 9. The molecule has 332 valence electrons. The Balaban J connectivity index is 1.26. The summed E-state index contributed by atoms with van der Waals surface area (Å²) in [6.07, 6.45) is 6.21. The Morgan fingerprint density at radius 2 is 0.803 bits per heavy atom. The molecule has 2 aliphatic rings. The standard InChI is InChI=1S/C65H42N6/c1-65(2)51-27-11-3-19-39(51)47-35-48-46-26-10-18-34-59(46)71(60(48)36-52(47)65)62-50(38-67)49(37-66)61(68-53-28-12-4-20-40(53)41-21-5-13-29-54(41)68)63(69-55-30-14-6-22-42(55)43-23-7-15-31-56(43)69)64(62)70-57-32-16-8-24-44(57)45-25-9-17-33-58(45)70/h3-14,16-30,32-36H,15,31H2,1-2H3. The van der Waals surface area contributed by atoms with Crippen molar-refractivity contribution >= 4 is 82.4 Å². The minimum atomic E-state index is -0.297. The van der Waals surface area contributed by atoms with Gasteiger partial charge in [0, 0.05) is 54.4 Å². The molecule has 0 saturated carbocycles. The van der Waals surface area contributed by atoms with Crippen LogP contribution < -0.4 is 0 Å². The van der Waals surface area contributed by atoms with E-state index in [1.54, 1.807) is 0 Å². The summed E-state index contributed by atoms with van der Waals surface area (Å²) in [5.74, 6) is 0. The van der Waals surface area contributed by atoms with E-state index >= 15 is 0 Å². The lowest BCUT2D eigenvalue weighted by atomic mass is 9.82. The first-order valence-corrected chi connectivity index (χ1v) is 24.5. The highest BCUT2D eigenvalue weighted by Gasteiger charge is 2.38. The molecule has 0 amide bonds. The maximum atomic E-state index is 12.3. The van der Waals surface area contributed by atoms with Crippen LogP contribution in [0.3, 0.4) is 0 Å². The maximum absolute atomic E-state index is 12.3. The molecule has 2 aliphatic carbocycles. The molecule has 15 rings (SSSR count). The van der Waals surface area contributed by atoms with Crippen LogP contribution in [0.4, 0.5) is 0 Å².